The molecule has 1 aliphatic heterocycles. The van der Waals surface area contributed by atoms with Crippen molar-refractivity contribution in [2.45, 2.75) is 39.5 Å². The third-order valence-electron chi connectivity index (χ3n) is 3.88. The lowest BCUT2D eigenvalue weighted by Gasteiger charge is -2.25. The van der Waals surface area contributed by atoms with Crippen molar-refractivity contribution in [3.8, 4) is 5.75 Å². The fourth-order valence-electron chi connectivity index (χ4n) is 2.74. The molecule has 0 bridgehead atoms. The van der Waals surface area contributed by atoms with Gasteiger partial charge in [-0.1, -0.05) is 13.3 Å². The van der Waals surface area contributed by atoms with Crippen molar-refractivity contribution in [2.75, 3.05) is 26.2 Å². The van der Waals surface area contributed by atoms with Crippen molar-refractivity contribution < 1.29 is 9.53 Å². The molecule has 0 N–H and O–H groups in total. The molecule has 1 aliphatic rings. The highest BCUT2D eigenvalue weighted by molar-refractivity contribution is 5.98. The molecule has 0 aliphatic carbocycles. The average molecular weight is 275 g/mol. The van der Waals surface area contributed by atoms with Crippen LogP contribution in [0, 0.1) is 0 Å². The van der Waals surface area contributed by atoms with Gasteiger partial charge in [-0.3, -0.25) is 9.69 Å². The molecule has 1 heterocycles. The number of ketones is 1. The molecule has 3 nitrogen and oxygen atoms in total. The second-order valence-corrected chi connectivity index (χ2v) is 5.37. The van der Waals surface area contributed by atoms with Gasteiger partial charge in [0.2, 0.25) is 0 Å². The van der Waals surface area contributed by atoms with Crippen LogP contribution >= 0.6 is 0 Å². The number of likely N-dealkylation sites (tertiary alicyclic amines) is 1. The third kappa shape index (κ3) is 3.83. The Morgan fingerprint density at radius 1 is 1.20 bits per heavy atom. The van der Waals surface area contributed by atoms with E-state index < -0.39 is 0 Å². The number of aryl methyl sites for hydroxylation is 1. The first-order valence-electron chi connectivity index (χ1n) is 7.75. The zero-order chi connectivity index (χ0) is 14.4. The fourth-order valence-corrected chi connectivity index (χ4v) is 2.74. The molecule has 0 amide bonds. The first-order chi connectivity index (χ1) is 9.74. The van der Waals surface area contributed by atoms with Gasteiger partial charge < -0.3 is 4.74 Å². The number of ether oxygens (including phenoxy) is 1. The van der Waals surface area contributed by atoms with E-state index in [0.29, 0.717) is 13.2 Å². The molecule has 0 saturated carbocycles. The summed E-state index contributed by atoms with van der Waals surface area (Å²) in [6.45, 7) is 7.41. The van der Waals surface area contributed by atoms with Gasteiger partial charge in [-0.05, 0) is 63.0 Å². The van der Waals surface area contributed by atoms with Gasteiger partial charge in [-0.2, -0.15) is 0 Å². The summed E-state index contributed by atoms with van der Waals surface area (Å²) < 4.78 is 5.59. The van der Waals surface area contributed by atoms with Gasteiger partial charge in [-0.25, -0.2) is 0 Å². The second-order valence-electron chi connectivity index (χ2n) is 5.37. The molecule has 0 radical (unpaired) electrons. The first kappa shape index (κ1) is 15.0. The third-order valence-corrected chi connectivity index (χ3v) is 3.88. The fraction of sp³-hybridized carbons (Fsp3) is 0.588. The van der Waals surface area contributed by atoms with Crippen molar-refractivity contribution in [3.05, 3.63) is 29.3 Å². The molecule has 1 saturated heterocycles. The molecular weight excluding hydrogens is 250 g/mol. The number of benzene rings is 1. The summed E-state index contributed by atoms with van der Waals surface area (Å²) >= 11 is 0. The van der Waals surface area contributed by atoms with Crippen LogP contribution in [0.5, 0.6) is 5.75 Å². The van der Waals surface area contributed by atoms with E-state index in [0.717, 1.165) is 36.4 Å². The molecule has 1 aromatic rings. The molecule has 2 rings (SSSR count). The van der Waals surface area contributed by atoms with Crippen molar-refractivity contribution in [1.29, 1.82) is 0 Å². The van der Waals surface area contributed by atoms with Gasteiger partial charge >= 0.3 is 0 Å². The summed E-state index contributed by atoms with van der Waals surface area (Å²) in [4.78, 5) is 14.6. The average Bonchev–Trinajstić information content (AvgIpc) is 2.49. The Morgan fingerprint density at radius 3 is 2.60 bits per heavy atom. The number of Topliss-reactive ketones (excluding diaryl/α,β-unsaturated/α-hetero) is 1. The number of rotatable bonds is 6. The summed E-state index contributed by atoms with van der Waals surface area (Å²) in [6, 6.07) is 5.83. The molecule has 0 atom stereocenters. The number of piperidine rings is 1. The second kappa shape index (κ2) is 7.44. The van der Waals surface area contributed by atoms with Crippen LogP contribution in [0.3, 0.4) is 0 Å². The first-order valence-corrected chi connectivity index (χ1v) is 7.75. The highest BCUT2D eigenvalue weighted by Gasteiger charge is 2.16. The Bertz CT molecular complexity index is 450. The number of carbonyl (C=O) groups excluding carboxylic acids is 1. The minimum atomic E-state index is 0.227. The van der Waals surface area contributed by atoms with Crippen LogP contribution < -0.4 is 4.74 Å². The number of carbonyl (C=O) groups is 1. The van der Waals surface area contributed by atoms with E-state index in [1.807, 2.05) is 25.1 Å². The quantitative estimate of drug-likeness (QED) is 0.746. The molecule has 20 heavy (non-hydrogen) atoms. The topological polar surface area (TPSA) is 29.5 Å². The highest BCUT2D eigenvalue weighted by atomic mass is 16.5. The van der Waals surface area contributed by atoms with E-state index in [1.54, 1.807) is 0 Å². The van der Waals surface area contributed by atoms with Crippen LogP contribution in [0.25, 0.3) is 0 Å². The molecular formula is C17H25NO2. The zero-order valence-electron chi connectivity index (χ0n) is 12.7. The maximum atomic E-state index is 12.4. The van der Waals surface area contributed by atoms with Gasteiger partial charge in [0, 0.05) is 5.56 Å². The lowest BCUT2D eigenvalue weighted by Crippen LogP contribution is -2.34. The summed E-state index contributed by atoms with van der Waals surface area (Å²) in [5.41, 5.74) is 1.94. The largest absolute Gasteiger partial charge is 0.494 e. The van der Waals surface area contributed by atoms with Gasteiger partial charge in [0.25, 0.3) is 0 Å². The van der Waals surface area contributed by atoms with Crippen LogP contribution in [0.1, 0.15) is 49.0 Å². The van der Waals surface area contributed by atoms with E-state index in [2.05, 4.69) is 11.8 Å². The number of hydrogen-bond acceptors (Lipinski definition) is 3. The lowest BCUT2D eigenvalue weighted by atomic mass is 10.0. The van der Waals surface area contributed by atoms with Crippen LogP contribution in [-0.2, 0) is 6.42 Å². The van der Waals surface area contributed by atoms with Crippen LogP contribution in [-0.4, -0.2) is 36.9 Å². The van der Waals surface area contributed by atoms with E-state index in [9.17, 15) is 4.79 Å². The van der Waals surface area contributed by atoms with Gasteiger partial charge in [0.05, 0.1) is 13.2 Å². The van der Waals surface area contributed by atoms with E-state index in [-0.39, 0.29) is 5.78 Å². The monoisotopic (exact) mass is 275 g/mol. The Morgan fingerprint density at radius 2 is 1.95 bits per heavy atom. The number of nitrogens with zero attached hydrogens (tertiary/aromatic N) is 1. The maximum absolute atomic E-state index is 12.4. The molecule has 1 aromatic carbocycles. The Balaban J connectivity index is 2.05. The molecule has 0 aromatic heterocycles. The number of hydrogen-bond donors (Lipinski definition) is 0. The van der Waals surface area contributed by atoms with Crippen molar-refractivity contribution in [2.24, 2.45) is 0 Å². The van der Waals surface area contributed by atoms with Gasteiger partial charge in [0.15, 0.2) is 5.78 Å². The normalized spacial score (nSPS) is 16.1. The van der Waals surface area contributed by atoms with E-state index >= 15 is 0 Å². The standard InChI is InChI=1S/C17H25NO2/c1-3-14-12-15(8-9-17(14)20-4-2)16(19)13-18-10-6-5-7-11-18/h8-9,12H,3-7,10-11,13H2,1-2H3. The summed E-state index contributed by atoms with van der Waals surface area (Å²) in [5.74, 6) is 1.13. The van der Waals surface area contributed by atoms with Gasteiger partial charge in [-0.15, -0.1) is 0 Å². The minimum absolute atomic E-state index is 0.227. The van der Waals surface area contributed by atoms with Crippen molar-refractivity contribution in [3.63, 3.8) is 0 Å². The maximum Gasteiger partial charge on any atom is 0.176 e. The van der Waals surface area contributed by atoms with E-state index in [1.165, 1.54) is 19.3 Å². The summed E-state index contributed by atoms with van der Waals surface area (Å²) in [6.07, 6.45) is 4.63. The Labute approximate surface area is 121 Å². The van der Waals surface area contributed by atoms with Gasteiger partial charge in [0.1, 0.15) is 5.75 Å². The molecule has 110 valence electrons. The lowest BCUT2D eigenvalue weighted by molar-refractivity contribution is 0.0915. The Kier molecular flexibility index (Phi) is 5.60. The van der Waals surface area contributed by atoms with Crippen molar-refractivity contribution in [1.82, 2.24) is 4.90 Å². The summed E-state index contributed by atoms with van der Waals surface area (Å²) in [5, 5.41) is 0. The van der Waals surface area contributed by atoms with Crippen LogP contribution in [0.2, 0.25) is 0 Å². The van der Waals surface area contributed by atoms with Crippen LogP contribution in [0.4, 0.5) is 0 Å². The molecule has 0 spiro atoms. The SMILES string of the molecule is CCOc1ccc(C(=O)CN2CCCCC2)cc1CC. The van der Waals surface area contributed by atoms with Crippen LogP contribution in [0.15, 0.2) is 18.2 Å². The molecule has 1 fully saturated rings. The predicted molar refractivity (Wildman–Crippen MR) is 81.6 cm³/mol. The van der Waals surface area contributed by atoms with Crippen molar-refractivity contribution >= 4 is 5.78 Å². The van der Waals surface area contributed by atoms with E-state index in [4.69, 9.17) is 4.74 Å². The zero-order valence-corrected chi connectivity index (χ0v) is 12.7. The minimum Gasteiger partial charge on any atom is -0.494 e. The smallest absolute Gasteiger partial charge is 0.176 e. The molecule has 0 unspecified atom stereocenters. The Hall–Kier alpha value is -1.35. The predicted octanol–water partition coefficient (Wildman–Crippen LogP) is 3.32. The highest BCUT2D eigenvalue weighted by Crippen LogP contribution is 2.21. The summed E-state index contributed by atoms with van der Waals surface area (Å²) in [7, 11) is 0. The molecule has 3 heteroatoms.